The summed E-state index contributed by atoms with van der Waals surface area (Å²) in [5, 5.41) is 18.3. The zero-order valence-electron chi connectivity index (χ0n) is 12.2. The molecule has 3 rings (SSSR count). The van der Waals surface area contributed by atoms with Crippen molar-refractivity contribution in [2.75, 3.05) is 5.73 Å². The Bertz CT molecular complexity index is 954. The molecule has 0 spiro atoms. The number of aromatic nitrogens is 1. The Labute approximate surface area is 133 Å². The van der Waals surface area contributed by atoms with Crippen LogP contribution in [0.25, 0.3) is 10.8 Å². The maximum absolute atomic E-state index is 8.81. The molecule has 1 heterocycles. The van der Waals surface area contributed by atoms with E-state index in [1.54, 1.807) is 24.4 Å². The Morgan fingerprint density at radius 1 is 1.13 bits per heavy atom. The number of rotatable bonds is 1. The first kappa shape index (κ1) is 14.6. The zero-order chi connectivity index (χ0) is 16.2. The second kappa shape index (κ2) is 6.18. The molecule has 5 heteroatoms. The number of fused-ring (bicyclic) bond motifs is 1. The van der Waals surface area contributed by atoms with Gasteiger partial charge in [-0.05, 0) is 12.1 Å². The third kappa shape index (κ3) is 2.98. The Hall–Kier alpha value is -3.36. The lowest BCUT2D eigenvalue weighted by Gasteiger charge is -2.03. The molecule has 0 bridgehead atoms. The molecule has 3 aromatic rings. The van der Waals surface area contributed by atoms with Crippen molar-refractivity contribution in [1.29, 1.82) is 5.41 Å². The van der Waals surface area contributed by atoms with Gasteiger partial charge >= 0.3 is 0 Å². The topological polar surface area (TPSA) is 95.0 Å². The minimum absolute atomic E-state index is 0.0833. The molecule has 5 nitrogen and oxygen atoms in total. The third-order valence-electron chi connectivity index (χ3n) is 3.42. The molecule has 0 aliphatic carbocycles. The number of nitrogens with zero attached hydrogens (tertiary/aromatic N) is 1. The van der Waals surface area contributed by atoms with Crippen LogP contribution in [-0.4, -0.2) is 16.0 Å². The highest BCUT2D eigenvalue weighted by Gasteiger charge is 2.04. The summed E-state index contributed by atoms with van der Waals surface area (Å²) in [6.45, 7) is 0. The Balaban J connectivity index is 2.06. The van der Waals surface area contributed by atoms with Gasteiger partial charge in [-0.15, -0.1) is 0 Å². The number of amidine groups is 1. The van der Waals surface area contributed by atoms with E-state index in [4.69, 9.17) is 16.4 Å². The summed E-state index contributed by atoms with van der Waals surface area (Å²) < 4.78 is 0. The molecule has 0 unspecified atom stereocenters. The Kier molecular flexibility index (Phi) is 3.91. The molecular weight excluding hydrogens is 288 g/mol. The van der Waals surface area contributed by atoms with Gasteiger partial charge in [0.1, 0.15) is 11.7 Å². The lowest BCUT2D eigenvalue weighted by Crippen LogP contribution is -2.18. The van der Waals surface area contributed by atoms with Crippen LogP contribution in [0.1, 0.15) is 16.7 Å². The van der Waals surface area contributed by atoms with Crippen molar-refractivity contribution in [3.8, 4) is 11.8 Å². The summed E-state index contributed by atoms with van der Waals surface area (Å²) in [6.07, 6.45) is 1.73. The number of nitrogens with two attached hydrogens (primary N) is 1. The maximum atomic E-state index is 8.81. The van der Waals surface area contributed by atoms with Crippen molar-refractivity contribution < 1.29 is 5.21 Å². The number of pyridine rings is 1. The number of hydroxylamine groups is 1. The molecule has 0 saturated heterocycles. The van der Waals surface area contributed by atoms with Gasteiger partial charge in [0.25, 0.3) is 0 Å². The maximum Gasteiger partial charge on any atom is 0.149 e. The second-order valence-corrected chi connectivity index (χ2v) is 4.92. The van der Waals surface area contributed by atoms with Crippen molar-refractivity contribution in [2.45, 2.75) is 0 Å². The third-order valence-corrected chi connectivity index (χ3v) is 3.42. The molecular formula is C18H14N4O. The number of nitrogens with one attached hydrogen (secondary N) is 2. The van der Waals surface area contributed by atoms with Crippen LogP contribution in [0.5, 0.6) is 0 Å². The number of anilines is 1. The van der Waals surface area contributed by atoms with Gasteiger partial charge in [-0.2, -0.15) is 0 Å². The van der Waals surface area contributed by atoms with Crippen LogP contribution >= 0.6 is 0 Å². The SMILES string of the molecule is N=C(NO)c1cccc(C#Cc2c(N)ncc3ccccc23)c1. The largest absolute Gasteiger partial charge is 0.383 e. The average Bonchev–Trinajstić information content (AvgIpc) is 2.60. The van der Waals surface area contributed by atoms with E-state index in [0.717, 1.165) is 16.3 Å². The van der Waals surface area contributed by atoms with E-state index < -0.39 is 0 Å². The lowest BCUT2D eigenvalue weighted by atomic mass is 10.1. The Morgan fingerprint density at radius 3 is 2.78 bits per heavy atom. The quantitative estimate of drug-likeness (QED) is 0.240. The van der Waals surface area contributed by atoms with Crippen LogP contribution in [0.2, 0.25) is 0 Å². The van der Waals surface area contributed by atoms with Gasteiger partial charge in [-0.25, -0.2) is 4.98 Å². The summed E-state index contributed by atoms with van der Waals surface area (Å²) in [4.78, 5) is 4.18. The van der Waals surface area contributed by atoms with Crippen molar-refractivity contribution in [2.24, 2.45) is 0 Å². The van der Waals surface area contributed by atoms with Crippen LogP contribution in [-0.2, 0) is 0 Å². The van der Waals surface area contributed by atoms with E-state index in [0.29, 0.717) is 16.9 Å². The second-order valence-electron chi connectivity index (χ2n) is 4.92. The van der Waals surface area contributed by atoms with Gasteiger partial charge in [0, 0.05) is 28.1 Å². The van der Waals surface area contributed by atoms with Crippen LogP contribution in [0.15, 0.2) is 54.7 Å². The predicted molar refractivity (Wildman–Crippen MR) is 90.3 cm³/mol. The molecule has 112 valence electrons. The van der Waals surface area contributed by atoms with E-state index in [1.165, 1.54) is 0 Å². The van der Waals surface area contributed by atoms with Gasteiger partial charge in [-0.3, -0.25) is 16.1 Å². The molecule has 0 amide bonds. The molecule has 0 aliphatic rings. The molecule has 5 N–H and O–H groups in total. The summed E-state index contributed by atoms with van der Waals surface area (Å²) >= 11 is 0. The fourth-order valence-electron chi connectivity index (χ4n) is 2.26. The molecule has 23 heavy (non-hydrogen) atoms. The highest BCUT2D eigenvalue weighted by atomic mass is 16.5. The summed E-state index contributed by atoms with van der Waals surface area (Å²) in [7, 11) is 0. The van der Waals surface area contributed by atoms with E-state index in [-0.39, 0.29) is 5.84 Å². The first-order valence-corrected chi connectivity index (χ1v) is 6.93. The zero-order valence-corrected chi connectivity index (χ0v) is 12.2. The predicted octanol–water partition coefficient (Wildman–Crippen LogP) is 2.52. The van der Waals surface area contributed by atoms with Gasteiger partial charge in [0.05, 0.1) is 5.56 Å². The fourth-order valence-corrected chi connectivity index (χ4v) is 2.26. The normalized spacial score (nSPS) is 9.96. The standard InChI is InChI=1S/C18H14N4O/c19-17(22-23)13-6-3-4-12(10-13)8-9-16-15-7-2-1-5-14(15)11-21-18(16)20/h1-7,10-11,23H,(H2,19,22)(H2,20,21). The molecule has 0 saturated carbocycles. The molecule has 0 radical (unpaired) electrons. The van der Waals surface area contributed by atoms with Crippen molar-refractivity contribution in [1.82, 2.24) is 10.5 Å². The molecule has 0 atom stereocenters. The monoisotopic (exact) mass is 302 g/mol. The van der Waals surface area contributed by atoms with Gasteiger partial charge in [0.2, 0.25) is 0 Å². The van der Waals surface area contributed by atoms with Crippen molar-refractivity contribution in [3.63, 3.8) is 0 Å². The van der Waals surface area contributed by atoms with Crippen LogP contribution < -0.4 is 11.2 Å². The number of hydrogen-bond acceptors (Lipinski definition) is 4. The first-order valence-electron chi connectivity index (χ1n) is 6.93. The van der Waals surface area contributed by atoms with Crippen LogP contribution in [0.3, 0.4) is 0 Å². The van der Waals surface area contributed by atoms with E-state index >= 15 is 0 Å². The summed E-state index contributed by atoms with van der Waals surface area (Å²) in [5.74, 6) is 6.41. The molecule has 1 aromatic heterocycles. The molecule has 2 aromatic carbocycles. The lowest BCUT2D eigenvalue weighted by molar-refractivity contribution is 0.234. The molecule has 0 fully saturated rings. The van der Waals surface area contributed by atoms with Crippen LogP contribution in [0.4, 0.5) is 5.82 Å². The van der Waals surface area contributed by atoms with E-state index in [1.807, 2.05) is 35.8 Å². The summed E-state index contributed by atoms with van der Waals surface area (Å²) in [5.41, 5.74) is 9.73. The van der Waals surface area contributed by atoms with Crippen LogP contribution in [0, 0.1) is 17.3 Å². The highest BCUT2D eigenvalue weighted by Crippen LogP contribution is 2.21. The highest BCUT2D eigenvalue weighted by molar-refractivity contribution is 5.96. The van der Waals surface area contributed by atoms with E-state index in [9.17, 15) is 0 Å². The van der Waals surface area contributed by atoms with Gasteiger partial charge < -0.3 is 5.73 Å². The van der Waals surface area contributed by atoms with Crippen molar-refractivity contribution >= 4 is 22.4 Å². The van der Waals surface area contributed by atoms with Crippen molar-refractivity contribution in [3.05, 3.63) is 71.4 Å². The minimum Gasteiger partial charge on any atom is -0.383 e. The number of benzene rings is 2. The Morgan fingerprint density at radius 2 is 1.96 bits per heavy atom. The molecule has 0 aliphatic heterocycles. The smallest absolute Gasteiger partial charge is 0.149 e. The van der Waals surface area contributed by atoms with Gasteiger partial charge in [-0.1, -0.05) is 48.2 Å². The summed E-state index contributed by atoms with van der Waals surface area (Å²) in [6, 6.07) is 14.8. The van der Waals surface area contributed by atoms with E-state index in [2.05, 4.69) is 16.8 Å². The van der Waals surface area contributed by atoms with Gasteiger partial charge in [0.15, 0.2) is 0 Å². The first-order chi connectivity index (χ1) is 11.2. The number of hydrogen-bond donors (Lipinski definition) is 4. The average molecular weight is 302 g/mol. The number of nitrogen functional groups attached to an aromatic ring is 1. The fraction of sp³-hybridized carbons (Fsp3) is 0. The minimum atomic E-state index is -0.0833.